The van der Waals surface area contributed by atoms with E-state index in [0.717, 1.165) is 24.6 Å². The van der Waals surface area contributed by atoms with E-state index in [-0.39, 0.29) is 32.7 Å². The van der Waals surface area contributed by atoms with Crippen molar-refractivity contribution in [3.05, 3.63) is 24.0 Å². The first-order valence-electron chi connectivity index (χ1n) is 5.43. The molecule has 1 aromatic heterocycles. The molecule has 1 fully saturated rings. The maximum atomic E-state index is 11.2. The number of pyridine rings is 1. The van der Waals surface area contributed by atoms with E-state index in [1.807, 2.05) is 0 Å². The third-order valence-electron chi connectivity index (χ3n) is 2.51. The zero-order valence-corrected chi connectivity index (χ0v) is 13.7. The summed E-state index contributed by atoms with van der Waals surface area (Å²) in [6, 6.07) is 4.54. The molecular formula is C12H14N3OSY-. The molecule has 1 saturated heterocycles. The van der Waals surface area contributed by atoms with Crippen LogP contribution < -0.4 is 5.73 Å². The van der Waals surface area contributed by atoms with Crippen molar-refractivity contribution in [3.8, 4) is 11.8 Å². The molecule has 1 aromatic rings. The Hall–Kier alpha value is -0.276. The average molecular weight is 337 g/mol. The summed E-state index contributed by atoms with van der Waals surface area (Å²) in [6.45, 7) is 2.43. The summed E-state index contributed by atoms with van der Waals surface area (Å²) < 4.78 is 11.2. The monoisotopic (exact) mass is 337 g/mol. The SMILES string of the molecule is Nc1[c-]cc(C#CCN2CCS(=O)CC2)nc1.[Y]. The van der Waals surface area contributed by atoms with Gasteiger partial charge in [0, 0.05) is 68.1 Å². The van der Waals surface area contributed by atoms with Gasteiger partial charge in [-0.25, -0.2) is 0 Å². The van der Waals surface area contributed by atoms with Crippen LogP contribution in [-0.4, -0.2) is 45.2 Å². The molecule has 0 aliphatic carbocycles. The van der Waals surface area contributed by atoms with Crippen molar-refractivity contribution < 1.29 is 36.9 Å². The van der Waals surface area contributed by atoms with E-state index in [0.29, 0.717) is 17.9 Å². The van der Waals surface area contributed by atoms with E-state index in [9.17, 15) is 4.21 Å². The van der Waals surface area contributed by atoms with Gasteiger partial charge in [-0.1, -0.05) is 17.8 Å². The van der Waals surface area contributed by atoms with Crippen LogP contribution in [0.15, 0.2) is 12.3 Å². The van der Waals surface area contributed by atoms with E-state index >= 15 is 0 Å². The second-order valence-corrected chi connectivity index (χ2v) is 5.51. The van der Waals surface area contributed by atoms with E-state index in [4.69, 9.17) is 5.73 Å². The minimum atomic E-state index is -0.626. The van der Waals surface area contributed by atoms with Crippen LogP contribution in [0.1, 0.15) is 5.69 Å². The Bertz CT molecular complexity index is 456. The number of rotatable bonds is 1. The van der Waals surface area contributed by atoms with Crippen LogP contribution in [0.2, 0.25) is 0 Å². The van der Waals surface area contributed by atoms with Gasteiger partial charge in [0.05, 0.1) is 6.54 Å². The molecule has 93 valence electrons. The third-order valence-corrected chi connectivity index (χ3v) is 3.78. The molecule has 1 aliphatic heterocycles. The zero-order valence-electron chi connectivity index (χ0n) is 10.1. The van der Waals surface area contributed by atoms with Crippen molar-refractivity contribution in [1.29, 1.82) is 0 Å². The van der Waals surface area contributed by atoms with Gasteiger partial charge in [-0.2, -0.15) is 6.07 Å². The number of hydrogen-bond acceptors (Lipinski definition) is 4. The first-order chi connectivity index (χ1) is 8.24. The van der Waals surface area contributed by atoms with Gasteiger partial charge in [0.25, 0.3) is 0 Å². The van der Waals surface area contributed by atoms with Crippen molar-refractivity contribution >= 4 is 16.5 Å². The van der Waals surface area contributed by atoms with Crippen LogP contribution in [0.5, 0.6) is 0 Å². The van der Waals surface area contributed by atoms with Gasteiger partial charge in [-0.05, 0) is 5.69 Å². The summed E-state index contributed by atoms with van der Waals surface area (Å²) in [4.78, 5) is 6.28. The summed E-state index contributed by atoms with van der Waals surface area (Å²) in [5, 5.41) is 0. The minimum Gasteiger partial charge on any atom is -0.418 e. The average Bonchev–Trinajstić information content (AvgIpc) is 2.34. The van der Waals surface area contributed by atoms with Gasteiger partial charge in [0.1, 0.15) is 0 Å². The van der Waals surface area contributed by atoms with Gasteiger partial charge in [0.15, 0.2) is 0 Å². The Morgan fingerprint density at radius 1 is 1.50 bits per heavy atom. The molecule has 6 heteroatoms. The topological polar surface area (TPSA) is 59.2 Å². The molecule has 2 heterocycles. The smallest absolute Gasteiger partial charge is 0.0595 e. The summed E-state index contributed by atoms with van der Waals surface area (Å²) in [6.07, 6.45) is 1.55. The van der Waals surface area contributed by atoms with Crippen LogP contribution in [-0.2, 0) is 43.5 Å². The predicted molar refractivity (Wildman–Crippen MR) is 68.7 cm³/mol. The Kier molecular flexibility index (Phi) is 7.02. The first kappa shape index (κ1) is 15.8. The molecule has 0 bridgehead atoms. The second-order valence-electron chi connectivity index (χ2n) is 3.81. The van der Waals surface area contributed by atoms with Crippen molar-refractivity contribution in [2.75, 3.05) is 36.9 Å². The molecule has 2 N–H and O–H groups in total. The van der Waals surface area contributed by atoms with Gasteiger partial charge in [-0.3, -0.25) is 9.11 Å². The molecule has 0 aromatic carbocycles. The number of nitrogens with two attached hydrogens (primary N) is 1. The van der Waals surface area contributed by atoms with E-state index in [1.54, 1.807) is 12.3 Å². The van der Waals surface area contributed by atoms with Gasteiger partial charge >= 0.3 is 0 Å². The van der Waals surface area contributed by atoms with Gasteiger partial charge < -0.3 is 10.7 Å². The molecule has 0 atom stereocenters. The quantitative estimate of drug-likeness (QED) is 0.573. The second kappa shape index (κ2) is 8.01. The van der Waals surface area contributed by atoms with Crippen molar-refractivity contribution in [3.63, 3.8) is 0 Å². The number of hydrogen-bond donors (Lipinski definition) is 1. The predicted octanol–water partition coefficient (Wildman–Crippen LogP) is -0.123. The van der Waals surface area contributed by atoms with Gasteiger partial charge in [0.2, 0.25) is 0 Å². The minimum absolute atomic E-state index is 0. The van der Waals surface area contributed by atoms with Crippen molar-refractivity contribution in [1.82, 2.24) is 9.88 Å². The normalized spacial score (nSPS) is 16.4. The van der Waals surface area contributed by atoms with Crippen LogP contribution >= 0.6 is 0 Å². The summed E-state index contributed by atoms with van der Waals surface area (Å²) in [5.41, 5.74) is 6.68. The molecule has 0 amide bonds. The Balaban J connectivity index is 0.00000162. The van der Waals surface area contributed by atoms with Gasteiger partial charge in [-0.15, -0.1) is 12.0 Å². The summed E-state index contributed by atoms with van der Waals surface area (Å²) >= 11 is 0. The van der Waals surface area contributed by atoms with Crippen LogP contribution in [0.25, 0.3) is 0 Å². The molecular weight excluding hydrogens is 323 g/mol. The molecule has 1 aliphatic rings. The van der Waals surface area contributed by atoms with Crippen molar-refractivity contribution in [2.24, 2.45) is 0 Å². The Labute approximate surface area is 135 Å². The fraction of sp³-hybridized carbons (Fsp3) is 0.417. The molecule has 4 nitrogen and oxygen atoms in total. The number of nitrogens with zero attached hydrogens (tertiary/aromatic N) is 2. The number of nitrogen functional groups attached to an aromatic ring is 1. The molecule has 0 spiro atoms. The number of anilines is 1. The summed E-state index contributed by atoms with van der Waals surface area (Å²) in [7, 11) is -0.626. The number of aromatic nitrogens is 1. The van der Waals surface area contributed by atoms with E-state index < -0.39 is 10.8 Å². The summed E-state index contributed by atoms with van der Waals surface area (Å²) in [5.74, 6) is 7.54. The molecule has 0 saturated carbocycles. The molecule has 1 radical (unpaired) electrons. The van der Waals surface area contributed by atoms with Crippen molar-refractivity contribution in [2.45, 2.75) is 0 Å². The standard InChI is InChI=1S/C12H14N3OS.Y/c13-11-3-4-12(14-10-11)2-1-5-15-6-8-17(16)9-7-15;/h4,10H,5-9,13H2;/q-1;. The third kappa shape index (κ3) is 5.15. The maximum absolute atomic E-state index is 11.2. The maximum Gasteiger partial charge on any atom is 0.0595 e. The Morgan fingerprint density at radius 3 is 2.83 bits per heavy atom. The van der Waals surface area contributed by atoms with E-state index in [2.05, 4.69) is 27.8 Å². The van der Waals surface area contributed by atoms with Crippen LogP contribution in [0, 0.1) is 17.9 Å². The molecule has 0 unspecified atom stereocenters. The zero-order chi connectivity index (χ0) is 12.1. The fourth-order valence-electron chi connectivity index (χ4n) is 1.51. The first-order valence-corrected chi connectivity index (χ1v) is 6.92. The molecule has 2 rings (SSSR count). The van der Waals surface area contributed by atoms with Crippen LogP contribution in [0.3, 0.4) is 0 Å². The largest absolute Gasteiger partial charge is 0.418 e. The fourth-order valence-corrected chi connectivity index (χ4v) is 2.64. The van der Waals surface area contributed by atoms with Crippen LogP contribution in [0.4, 0.5) is 5.69 Å². The van der Waals surface area contributed by atoms with E-state index in [1.165, 1.54) is 0 Å². The Morgan fingerprint density at radius 2 is 2.22 bits per heavy atom. The molecule has 18 heavy (non-hydrogen) atoms.